The Bertz CT molecular complexity index is 652. The first-order chi connectivity index (χ1) is 10.3. The van der Waals surface area contributed by atoms with Gasteiger partial charge in [0.2, 0.25) is 0 Å². The van der Waals surface area contributed by atoms with Crippen molar-refractivity contribution in [1.29, 1.82) is 0 Å². The smallest absolute Gasteiger partial charge is 0.319 e. The van der Waals surface area contributed by atoms with Crippen LogP contribution in [0.4, 0.5) is 23.7 Å². The summed E-state index contributed by atoms with van der Waals surface area (Å²) in [5.41, 5.74) is -1.50. The summed E-state index contributed by atoms with van der Waals surface area (Å²) in [6, 6.07) is 4.03. The summed E-state index contributed by atoms with van der Waals surface area (Å²) in [5.74, 6) is -4.41. The Balaban J connectivity index is 1.96. The van der Waals surface area contributed by atoms with Crippen molar-refractivity contribution in [2.45, 2.75) is 12.5 Å². The van der Waals surface area contributed by atoms with E-state index in [2.05, 4.69) is 10.6 Å². The summed E-state index contributed by atoms with van der Waals surface area (Å²) in [4.78, 5) is 12.3. The number of nitrogens with one attached hydrogen (secondary N) is 2. The molecule has 1 atom stereocenters. The van der Waals surface area contributed by atoms with Crippen LogP contribution in [0.5, 0.6) is 0 Å². The second kappa shape index (κ2) is 6.37. The third-order valence-corrected chi connectivity index (χ3v) is 4.01. The monoisotopic (exact) mass is 330 g/mol. The summed E-state index contributed by atoms with van der Waals surface area (Å²) in [6.07, 6.45) is 0. The molecule has 3 N–H and O–H groups in total. The molecule has 2 rings (SSSR count). The van der Waals surface area contributed by atoms with Crippen LogP contribution < -0.4 is 10.6 Å². The van der Waals surface area contributed by atoms with Gasteiger partial charge in [0.05, 0.1) is 6.54 Å². The molecule has 118 valence electrons. The van der Waals surface area contributed by atoms with Crippen LogP contribution in [0.15, 0.2) is 29.6 Å². The zero-order chi connectivity index (χ0) is 16.3. The normalized spacial score (nSPS) is 13.5. The zero-order valence-electron chi connectivity index (χ0n) is 11.5. The Morgan fingerprint density at radius 3 is 2.50 bits per heavy atom. The minimum atomic E-state index is -1.61. The van der Waals surface area contributed by atoms with E-state index < -0.39 is 29.1 Å². The Labute approximate surface area is 128 Å². The average molecular weight is 330 g/mol. The summed E-state index contributed by atoms with van der Waals surface area (Å²) in [5, 5.41) is 16.5. The van der Waals surface area contributed by atoms with E-state index >= 15 is 0 Å². The Morgan fingerprint density at radius 2 is 1.95 bits per heavy atom. The van der Waals surface area contributed by atoms with Crippen LogP contribution in [0.3, 0.4) is 0 Å². The predicted molar refractivity (Wildman–Crippen MR) is 77.2 cm³/mol. The first-order valence-corrected chi connectivity index (χ1v) is 7.13. The fourth-order valence-corrected chi connectivity index (χ4v) is 2.51. The van der Waals surface area contributed by atoms with E-state index in [4.69, 9.17) is 0 Å². The third kappa shape index (κ3) is 3.77. The molecule has 0 aliphatic rings. The lowest BCUT2D eigenvalue weighted by Gasteiger charge is -2.22. The number of amides is 2. The number of carbonyl (C=O) groups excluding carboxylic acids is 1. The van der Waals surface area contributed by atoms with E-state index in [1.807, 2.05) is 0 Å². The molecule has 1 aromatic heterocycles. The maximum atomic E-state index is 13.0. The Kier molecular flexibility index (Phi) is 4.72. The highest BCUT2D eigenvalue weighted by atomic mass is 32.1. The number of benzene rings is 1. The predicted octanol–water partition coefficient (Wildman–Crippen LogP) is 3.19. The van der Waals surface area contributed by atoms with Crippen LogP contribution in [-0.2, 0) is 5.60 Å². The van der Waals surface area contributed by atoms with Gasteiger partial charge in [-0.1, -0.05) is 6.07 Å². The maximum absolute atomic E-state index is 13.0. The van der Waals surface area contributed by atoms with E-state index in [1.54, 1.807) is 17.5 Å². The second-order valence-electron chi connectivity index (χ2n) is 4.81. The fraction of sp³-hybridized carbons (Fsp3) is 0.214. The van der Waals surface area contributed by atoms with Gasteiger partial charge in [-0.2, -0.15) is 0 Å². The number of rotatable bonds is 4. The zero-order valence-corrected chi connectivity index (χ0v) is 12.3. The third-order valence-electron chi connectivity index (χ3n) is 2.89. The van der Waals surface area contributed by atoms with E-state index in [-0.39, 0.29) is 12.2 Å². The molecule has 0 saturated carbocycles. The molecule has 1 heterocycles. The molecule has 1 aromatic carbocycles. The van der Waals surface area contributed by atoms with Crippen LogP contribution in [-0.4, -0.2) is 17.7 Å². The molecule has 4 nitrogen and oxygen atoms in total. The number of urea groups is 1. The van der Waals surface area contributed by atoms with Gasteiger partial charge in [0.1, 0.15) is 5.60 Å². The molecule has 8 heteroatoms. The molecule has 0 aliphatic carbocycles. The maximum Gasteiger partial charge on any atom is 0.319 e. The fourth-order valence-electron chi connectivity index (χ4n) is 1.73. The number of halogens is 3. The number of anilines is 1. The molecular formula is C14H13F3N2O2S. The standard InChI is InChI=1S/C14H13F3N2O2S/c1-14(21,11-3-2-4-22-11)7-18-13(20)19-8-5-9(15)12(17)10(16)6-8/h2-6,21H,7H2,1H3,(H2,18,19,20). The van der Waals surface area contributed by atoms with Crippen molar-refractivity contribution in [3.8, 4) is 0 Å². The van der Waals surface area contributed by atoms with Gasteiger partial charge < -0.3 is 15.7 Å². The quantitative estimate of drug-likeness (QED) is 0.754. The van der Waals surface area contributed by atoms with E-state index in [0.717, 1.165) is 0 Å². The Hall–Kier alpha value is -2.06. The summed E-state index contributed by atoms with van der Waals surface area (Å²) in [6.45, 7) is 1.42. The first-order valence-electron chi connectivity index (χ1n) is 6.25. The molecule has 0 aliphatic heterocycles. The van der Waals surface area contributed by atoms with Gasteiger partial charge >= 0.3 is 6.03 Å². The van der Waals surface area contributed by atoms with Gasteiger partial charge in [-0.25, -0.2) is 18.0 Å². The number of aliphatic hydroxyl groups is 1. The van der Waals surface area contributed by atoms with Crippen LogP contribution in [0.1, 0.15) is 11.8 Å². The van der Waals surface area contributed by atoms with Crippen molar-refractivity contribution in [2.75, 3.05) is 11.9 Å². The van der Waals surface area contributed by atoms with Crippen molar-refractivity contribution >= 4 is 23.1 Å². The van der Waals surface area contributed by atoms with Crippen molar-refractivity contribution in [3.05, 3.63) is 52.0 Å². The highest BCUT2D eigenvalue weighted by Crippen LogP contribution is 2.24. The lowest BCUT2D eigenvalue weighted by atomic mass is 10.1. The van der Waals surface area contributed by atoms with Crippen LogP contribution in [0.2, 0.25) is 0 Å². The van der Waals surface area contributed by atoms with Gasteiger partial charge in [-0.05, 0) is 18.4 Å². The molecule has 0 bridgehead atoms. The summed E-state index contributed by atoms with van der Waals surface area (Å²) in [7, 11) is 0. The average Bonchev–Trinajstić information content (AvgIpc) is 2.97. The van der Waals surface area contributed by atoms with E-state index in [0.29, 0.717) is 17.0 Å². The van der Waals surface area contributed by atoms with Crippen LogP contribution >= 0.6 is 11.3 Å². The molecule has 1 unspecified atom stereocenters. The van der Waals surface area contributed by atoms with Gasteiger partial charge in [-0.3, -0.25) is 0 Å². The van der Waals surface area contributed by atoms with Gasteiger partial charge in [-0.15, -0.1) is 11.3 Å². The number of hydrogen-bond acceptors (Lipinski definition) is 3. The van der Waals surface area contributed by atoms with Crippen molar-refractivity contribution < 1.29 is 23.1 Å². The van der Waals surface area contributed by atoms with Crippen molar-refractivity contribution in [1.82, 2.24) is 5.32 Å². The molecule has 0 radical (unpaired) electrons. The van der Waals surface area contributed by atoms with Gasteiger partial charge in [0.15, 0.2) is 17.5 Å². The number of thiophene rings is 1. The molecule has 0 saturated heterocycles. The topological polar surface area (TPSA) is 61.4 Å². The van der Waals surface area contributed by atoms with Crippen molar-refractivity contribution in [3.63, 3.8) is 0 Å². The van der Waals surface area contributed by atoms with Gasteiger partial charge in [0, 0.05) is 22.7 Å². The highest BCUT2D eigenvalue weighted by molar-refractivity contribution is 7.10. The van der Waals surface area contributed by atoms with Gasteiger partial charge in [0.25, 0.3) is 0 Å². The molecule has 2 amide bonds. The minimum Gasteiger partial charge on any atom is -0.383 e. The molecule has 2 aromatic rings. The lowest BCUT2D eigenvalue weighted by Crippen LogP contribution is -2.40. The molecular weight excluding hydrogens is 317 g/mol. The first kappa shape index (κ1) is 16.3. The molecule has 22 heavy (non-hydrogen) atoms. The van der Waals surface area contributed by atoms with E-state index in [1.165, 1.54) is 18.3 Å². The highest BCUT2D eigenvalue weighted by Gasteiger charge is 2.25. The lowest BCUT2D eigenvalue weighted by molar-refractivity contribution is 0.0637. The SMILES string of the molecule is CC(O)(CNC(=O)Nc1cc(F)c(F)c(F)c1)c1cccs1. The Morgan fingerprint density at radius 1 is 1.32 bits per heavy atom. The molecule has 0 fully saturated rings. The summed E-state index contributed by atoms with van der Waals surface area (Å²) >= 11 is 1.33. The number of hydrogen-bond donors (Lipinski definition) is 3. The van der Waals surface area contributed by atoms with Crippen LogP contribution in [0, 0.1) is 17.5 Å². The number of carbonyl (C=O) groups is 1. The summed E-state index contributed by atoms with van der Waals surface area (Å²) < 4.78 is 38.9. The van der Waals surface area contributed by atoms with Crippen molar-refractivity contribution in [2.24, 2.45) is 0 Å². The van der Waals surface area contributed by atoms with Crippen LogP contribution in [0.25, 0.3) is 0 Å². The minimum absolute atomic E-state index is 0.106. The van der Waals surface area contributed by atoms with E-state index in [9.17, 15) is 23.1 Å². The second-order valence-corrected chi connectivity index (χ2v) is 5.76. The molecule has 0 spiro atoms. The largest absolute Gasteiger partial charge is 0.383 e.